The van der Waals surface area contributed by atoms with Gasteiger partial charge in [0, 0.05) is 16.8 Å². The van der Waals surface area contributed by atoms with Gasteiger partial charge in [0.2, 0.25) is 0 Å². The Morgan fingerprint density at radius 3 is 2.48 bits per heavy atom. The van der Waals surface area contributed by atoms with Crippen LogP contribution in [0.25, 0.3) is 0 Å². The first kappa shape index (κ1) is 18.4. The van der Waals surface area contributed by atoms with Crippen LogP contribution in [-0.2, 0) is 12.0 Å². The van der Waals surface area contributed by atoms with Crippen molar-refractivity contribution in [2.75, 3.05) is 13.1 Å². The number of hydrogen-bond acceptors (Lipinski definition) is 4. The molecule has 3 nitrogen and oxygen atoms in total. The van der Waals surface area contributed by atoms with Crippen LogP contribution in [0.1, 0.15) is 37.9 Å². The van der Waals surface area contributed by atoms with Crippen molar-refractivity contribution in [3.8, 4) is 0 Å². The normalized spacial score (nSPS) is 17.0. The molecule has 1 fully saturated rings. The molecule has 5 heteroatoms. The fourth-order valence-corrected chi connectivity index (χ4v) is 4.12. The standard InChI is InChI=1S/C20H26FN3S/c1-15(2)13-18-7-8-19(14-23-18)25-24-20(9-11-22-12-10-20)16-3-5-17(21)6-4-16/h3-8,14-15,22,24H,9-13H2,1-2H3. The Labute approximate surface area is 154 Å². The molecule has 0 bridgehead atoms. The van der Waals surface area contributed by atoms with E-state index < -0.39 is 0 Å². The molecule has 0 radical (unpaired) electrons. The highest BCUT2D eigenvalue weighted by molar-refractivity contribution is 7.97. The van der Waals surface area contributed by atoms with Gasteiger partial charge in [-0.3, -0.25) is 4.98 Å². The van der Waals surface area contributed by atoms with Gasteiger partial charge in [-0.2, -0.15) is 0 Å². The van der Waals surface area contributed by atoms with Crippen LogP contribution in [0.15, 0.2) is 47.5 Å². The van der Waals surface area contributed by atoms with E-state index in [1.807, 2.05) is 18.3 Å². The number of pyridine rings is 1. The van der Waals surface area contributed by atoms with E-state index >= 15 is 0 Å². The number of halogens is 1. The Morgan fingerprint density at radius 2 is 1.88 bits per heavy atom. The summed E-state index contributed by atoms with van der Waals surface area (Å²) in [5.41, 5.74) is 2.14. The first-order chi connectivity index (χ1) is 12.1. The Bertz CT molecular complexity index is 664. The minimum Gasteiger partial charge on any atom is -0.317 e. The fourth-order valence-electron chi connectivity index (χ4n) is 3.24. The summed E-state index contributed by atoms with van der Waals surface area (Å²) in [6.45, 7) is 6.32. The average molecular weight is 360 g/mol. The number of piperidine rings is 1. The topological polar surface area (TPSA) is 37.0 Å². The van der Waals surface area contributed by atoms with Gasteiger partial charge in [-0.05, 0) is 80.0 Å². The Hall–Kier alpha value is -1.43. The summed E-state index contributed by atoms with van der Waals surface area (Å²) < 4.78 is 17.0. The van der Waals surface area contributed by atoms with Gasteiger partial charge in [0.25, 0.3) is 0 Å². The van der Waals surface area contributed by atoms with Crippen LogP contribution in [0.3, 0.4) is 0 Å². The lowest BCUT2D eigenvalue weighted by atomic mass is 9.82. The van der Waals surface area contributed by atoms with E-state index in [0.717, 1.165) is 48.5 Å². The van der Waals surface area contributed by atoms with Crippen molar-refractivity contribution in [2.24, 2.45) is 5.92 Å². The Morgan fingerprint density at radius 1 is 1.16 bits per heavy atom. The fraction of sp³-hybridized carbons (Fsp3) is 0.450. The van der Waals surface area contributed by atoms with Crippen molar-refractivity contribution in [1.29, 1.82) is 0 Å². The van der Waals surface area contributed by atoms with E-state index in [-0.39, 0.29) is 11.4 Å². The van der Waals surface area contributed by atoms with Crippen molar-refractivity contribution in [2.45, 2.75) is 43.5 Å². The molecule has 2 heterocycles. The molecule has 0 saturated carbocycles. The highest BCUT2D eigenvalue weighted by Crippen LogP contribution is 2.34. The van der Waals surface area contributed by atoms with Gasteiger partial charge in [0.1, 0.15) is 5.82 Å². The lowest BCUT2D eigenvalue weighted by Gasteiger charge is -2.38. The highest BCUT2D eigenvalue weighted by atomic mass is 32.2. The average Bonchev–Trinajstić information content (AvgIpc) is 2.62. The number of hydrogen-bond donors (Lipinski definition) is 2. The van der Waals surface area contributed by atoms with E-state index in [4.69, 9.17) is 0 Å². The molecule has 0 amide bonds. The summed E-state index contributed by atoms with van der Waals surface area (Å²) in [7, 11) is 0. The van der Waals surface area contributed by atoms with E-state index in [1.165, 1.54) is 0 Å². The predicted molar refractivity (Wildman–Crippen MR) is 102 cm³/mol. The molecule has 2 N–H and O–H groups in total. The van der Waals surface area contributed by atoms with Crippen molar-refractivity contribution >= 4 is 11.9 Å². The molecule has 1 aliphatic rings. The number of benzene rings is 1. The predicted octanol–water partition coefficient (Wildman–Crippen LogP) is 4.29. The number of rotatable bonds is 6. The summed E-state index contributed by atoms with van der Waals surface area (Å²) in [4.78, 5) is 5.67. The summed E-state index contributed by atoms with van der Waals surface area (Å²) >= 11 is 1.62. The first-order valence-electron chi connectivity index (χ1n) is 8.93. The monoisotopic (exact) mass is 359 g/mol. The summed E-state index contributed by atoms with van der Waals surface area (Å²) in [5, 5.41) is 3.41. The maximum Gasteiger partial charge on any atom is 0.123 e. The van der Waals surface area contributed by atoms with Gasteiger partial charge < -0.3 is 5.32 Å². The molecule has 1 aromatic heterocycles. The summed E-state index contributed by atoms with van der Waals surface area (Å²) in [6, 6.07) is 11.1. The van der Waals surface area contributed by atoms with Gasteiger partial charge in [-0.1, -0.05) is 26.0 Å². The van der Waals surface area contributed by atoms with E-state index in [9.17, 15) is 4.39 Å². The molecule has 134 valence electrons. The second-order valence-electron chi connectivity index (χ2n) is 7.13. The number of aromatic nitrogens is 1. The maximum absolute atomic E-state index is 13.3. The van der Waals surface area contributed by atoms with Crippen molar-refractivity contribution in [3.05, 3.63) is 59.7 Å². The van der Waals surface area contributed by atoms with Crippen LogP contribution < -0.4 is 10.0 Å². The van der Waals surface area contributed by atoms with Crippen LogP contribution in [0.5, 0.6) is 0 Å². The minimum atomic E-state index is -0.189. The molecule has 1 saturated heterocycles. The zero-order valence-corrected chi connectivity index (χ0v) is 15.7. The van der Waals surface area contributed by atoms with Gasteiger partial charge in [0.05, 0.1) is 5.54 Å². The molecule has 0 unspecified atom stereocenters. The molecule has 0 atom stereocenters. The summed E-state index contributed by atoms with van der Waals surface area (Å²) in [5.74, 6) is 0.422. The van der Waals surface area contributed by atoms with Crippen molar-refractivity contribution in [1.82, 2.24) is 15.0 Å². The molecular weight excluding hydrogens is 333 g/mol. The molecule has 1 aromatic carbocycles. The third-order valence-electron chi connectivity index (χ3n) is 4.63. The molecule has 25 heavy (non-hydrogen) atoms. The first-order valence-corrected chi connectivity index (χ1v) is 9.75. The largest absolute Gasteiger partial charge is 0.317 e. The zero-order chi connectivity index (χ0) is 17.7. The van der Waals surface area contributed by atoms with E-state index in [0.29, 0.717) is 5.92 Å². The minimum absolute atomic E-state index is 0.139. The molecule has 2 aromatic rings. The van der Waals surface area contributed by atoms with E-state index in [1.54, 1.807) is 24.1 Å². The second-order valence-corrected chi connectivity index (χ2v) is 8.01. The maximum atomic E-state index is 13.3. The lowest BCUT2D eigenvalue weighted by molar-refractivity contribution is 0.295. The number of nitrogens with zero attached hydrogens (tertiary/aromatic N) is 1. The van der Waals surface area contributed by atoms with Crippen molar-refractivity contribution in [3.63, 3.8) is 0 Å². The third kappa shape index (κ3) is 4.81. The molecule has 0 spiro atoms. The highest BCUT2D eigenvalue weighted by Gasteiger charge is 2.33. The quantitative estimate of drug-likeness (QED) is 0.754. The Balaban J connectivity index is 1.71. The smallest absolute Gasteiger partial charge is 0.123 e. The van der Waals surface area contributed by atoms with Crippen LogP contribution in [0.2, 0.25) is 0 Å². The van der Waals surface area contributed by atoms with E-state index in [2.05, 4.69) is 41.0 Å². The van der Waals surface area contributed by atoms with Gasteiger partial charge >= 0.3 is 0 Å². The second kappa shape index (κ2) is 8.30. The van der Waals surface area contributed by atoms with Crippen LogP contribution in [0.4, 0.5) is 4.39 Å². The molecule has 1 aliphatic heterocycles. The van der Waals surface area contributed by atoms with Crippen molar-refractivity contribution < 1.29 is 4.39 Å². The van der Waals surface area contributed by atoms with Gasteiger partial charge in [0.15, 0.2) is 0 Å². The molecular formula is C20H26FN3S. The van der Waals surface area contributed by atoms with Gasteiger partial charge in [-0.15, -0.1) is 0 Å². The zero-order valence-electron chi connectivity index (χ0n) is 14.9. The van der Waals surface area contributed by atoms with Crippen LogP contribution in [-0.4, -0.2) is 18.1 Å². The van der Waals surface area contributed by atoms with Crippen LogP contribution >= 0.6 is 11.9 Å². The van der Waals surface area contributed by atoms with Crippen LogP contribution in [0, 0.1) is 11.7 Å². The third-order valence-corrected chi connectivity index (χ3v) is 5.60. The number of nitrogens with one attached hydrogen (secondary N) is 2. The molecule has 3 rings (SSSR count). The molecule has 0 aliphatic carbocycles. The SMILES string of the molecule is CC(C)Cc1ccc(SNC2(c3ccc(F)cc3)CCNCC2)cn1. The van der Waals surface area contributed by atoms with Gasteiger partial charge in [-0.25, -0.2) is 9.11 Å². The Kier molecular flexibility index (Phi) is 6.10. The summed E-state index contributed by atoms with van der Waals surface area (Å²) in [6.07, 6.45) is 4.90. The lowest BCUT2D eigenvalue weighted by Crippen LogP contribution is -2.47.